The molecule has 2 aromatic carbocycles. The van der Waals surface area contributed by atoms with Gasteiger partial charge >= 0.3 is 5.63 Å². The van der Waals surface area contributed by atoms with Crippen LogP contribution in [0.3, 0.4) is 0 Å². The highest BCUT2D eigenvalue weighted by Crippen LogP contribution is 2.28. The second-order valence-corrected chi connectivity index (χ2v) is 6.91. The molecule has 0 amide bonds. The Labute approximate surface area is 156 Å². The van der Waals surface area contributed by atoms with Crippen LogP contribution < -0.4 is 11.2 Å². The Morgan fingerprint density at radius 1 is 0.852 bits per heavy atom. The molecule has 3 heterocycles. The fraction of sp³-hybridized carbons (Fsp3) is 0. The Balaban J connectivity index is 1.65. The molecule has 0 aliphatic rings. The molecule has 5 aromatic rings. The molecule has 5 nitrogen and oxygen atoms in total. The van der Waals surface area contributed by atoms with E-state index in [1.807, 2.05) is 48.5 Å². The SMILES string of the molecule is N=c1oc2ccccc2cc1-c1nc(-c2cc3ccccc3oc2=O)cs1. The van der Waals surface area contributed by atoms with Crippen LogP contribution in [0, 0.1) is 5.41 Å². The number of hydrogen-bond donors (Lipinski definition) is 1. The number of fused-ring (bicyclic) bond motifs is 2. The molecule has 0 saturated carbocycles. The number of benzene rings is 2. The van der Waals surface area contributed by atoms with Crippen molar-refractivity contribution in [2.75, 3.05) is 0 Å². The van der Waals surface area contributed by atoms with Crippen LogP contribution in [0.5, 0.6) is 0 Å². The average molecular weight is 372 g/mol. The molecule has 130 valence electrons. The van der Waals surface area contributed by atoms with Gasteiger partial charge in [0.2, 0.25) is 5.55 Å². The number of rotatable bonds is 2. The zero-order chi connectivity index (χ0) is 18.4. The van der Waals surface area contributed by atoms with Crippen molar-refractivity contribution in [2.24, 2.45) is 0 Å². The van der Waals surface area contributed by atoms with Crippen LogP contribution in [0.25, 0.3) is 43.8 Å². The third kappa shape index (κ3) is 2.67. The molecule has 0 aliphatic heterocycles. The Hall–Kier alpha value is -3.51. The lowest BCUT2D eigenvalue weighted by Gasteiger charge is -2.01. The van der Waals surface area contributed by atoms with Crippen molar-refractivity contribution in [3.8, 4) is 21.8 Å². The zero-order valence-corrected chi connectivity index (χ0v) is 14.7. The van der Waals surface area contributed by atoms with Crippen molar-refractivity contribution in [3.05, 3.63) is 82.0 Å². The number of nitrogens with one attached hydrogen (secondary N) is 1. The van der Waals surface area contributed by atoms with Gasteiger partial charge in [0.05, 0.1) is 16.8 Å². The fourth-order valence-corrected chi connectivity index (χ4v) is 3.83. The molecule has 0 fully saturated rings. The third-order valence-corrected chi connectivity index (χ3v) is 5.20. The summed E-state index contributed by atoms with van der Waals surface area (Å²) < 4.78 is 11.0. The highest BCUT2D eigenvalue weighted by atomic mass is 32.1. The topological polar surface area (TPSA) is 80.1 Å². The van der Waals surface area contributed by atoms with Crippen molar-refractivity contribution < 1.29 is 8.83 Å². The van der Waals surface area contributed by atoms with Gasteiger partial charge in [-0.3, -0.25) is 5.41 Å². The van der Waals surface area contributed by atoms with E-state index in [1.54, 1.807) is 17.5 Å². The first kappa shape index (κ1) is 15.7. The maximum Gasteiger partial charge on any atom is 0.345 e. The molecule has 0 atom stereocenters. The second-order valence-electron chi connectivity index (χ2n) is 6.05. The van der Waals surface area contributed by atoms with E-state index in [9.17, 15) is 4.79 Å². The van der Waals surface area contributed by atoms with E-state index in [0.29, 0.717) is 33.0 Å². The molecule has 0 saturated heterocycles. The van der Waals surface area contributed by atoms with E-state index in [1.165, 1.54) is 11.3 Å². The van der Waals surface area contributed by atoms with Crippen molar-refractivity contribution in [1.82, 2.24) is 4.98 Å². The summed E-state index contributed by atoms with van der Waals surface area (Å²) in [5, 5.41) is 12.3. The van der Waals surface area contributed by atoms with Crippen molar-refractivity contribution in [2.45, 2.75) is 0 Å². The Morgan fingerprint density at radius 2 is 1.48 bits per heavy atom. The Morgan fingerprint density at radius 3 is 2.22 bits per heavy atom. The Bertz CT molecular complexity index is 1320. The molecule has 0 spiro atoms. The largest absolute Gasteiger partial charge is 0.438 e. The van der Waals surface area contributed by atoms with Gasteiger partial charge in [-0.15, -0.1) is 11.3 Å². The van der Waals surface area contributed by atoms with Crippen LogP contribution in [0.1, 0.15) is 0 Å². The van der Waals surface area contributed by atoms with Gasteiger partial charge in [0.25, 0.3) is 0 Å². The molecule has 0 aliphatic carbocycles. The lowest BCUT2D eigenvalue weighted by Crippen LogP contribution is -2.04. The lowest BCUT2D eigenvalue weighted by atomic mass is 10.1. The fourth-order valence-electron chi connectivity index (χ4n) is 3.00. The number of para-hydroxylation sites is 2. The molecule has 27 heavy (non-hydrogen) atoms. The summed E-state index contributed by atoms with van der Waals surface area (Å²) >= 11 is 1.36. The second kappa shape index (κ2) is 6.03. The van der Waals surface area contributed by atoms with Crippen LogP contribution in [-0.4, -0.2) is 4.98 Å². The number of nitrogens with zero attached hydrogens (tertiary/aromatic N) is 1. The van der Waals surface area contributed by atoms with E-state index in [0.717, 1.165) is 10.8 Å². The van der Waals surface area contributed by atoms with Gasteiger partial charge in [0.15, 0.2) is 0 Å². The zero-order valence-electron chi connectivity index (χ0n) is 13.9. The summed E-state index contributed by atoms with van der Waals surface area (Å²) in [6.07, 6.45) is 0. The van der Waals surface area contributed by atoms with Crippen molar-refractivity contribution in [1.29, 1.82) is 5.41 Å². The van der Waals surface area contributed by atoms with Crippen LogP contribution >= 0.6 is 11.3 Å². The van der Waals surface area contributed by atoms with E-state index in [2.05, 4.69) is 4.98 Å². The van der Waals surface area contributed by atoms with Gasteiger partial charge in [0.1, 0.15) is 16.2 Å². The number of thiazole rings is 1. The van der Waals surface area contributed by atoms with Gasteiger partial charge in [-0.1, -0.05) is 36.4 Å². The standard InChI is InChI=1S/C21H12N2O3S/c22-19-15(10-13-6-1-3-7-17(13)25-19)20-23-16(11-27-20)14-9-12-5-2-4-8-18(12)26-21(14)24/h1-11,22H. The minimum atomic E-state index is -0.431. The summed E-state index contributed by atoms with van der Waals surface area (Å²) in [6.45, 7) is 0. The summed E-state index contributed by atoms with van der Waals surface area (Å²) in [5.41, 5.74) is 2.33. The van der Waals surface area contributed by atoms with Gasteiger partial charge in [-0.2, -0.15) is 0 Å². The predicted octanol–water partition coefficient (Wildman–Crippen LogP) is 4.81. The summed E-state index contributed by atoms with van der Waals surface area (Å²) in [5.74, 6) is 0. The molecular weight excluding hydrogens is 360 g/mol. The monoisotopic (exact) mass is 372 g/mol. The minimum absolute atomic E-state index is 0.0418. The van der Waals surface area contributed by atoms with Gasteiger partial charge in [-0.05, 0) is 24.3 Å². The van der Waals surface area contributed by atoms with Crippen LogP contribution in [0.4, 0.5) is 0 Å². The van der Waals surface area contributed by atoms with E-state index in [-0.39, 0.29) is 5.55 Å². The predicted molar refractivity (Wildman–Crippen MR) is 105 cm³/mol. The first-order valence-corrected chi connectivity index (χ1v) is 9.14. The van der Waals surface area contributed by atoms with Gasteiger partial charge in [0, 0.05) is 16.2 Å². The third-order valence-electron chi connectivity index (χ3n) is 4.33. The highest BCUT2D eigenvalue weighted by Gasteiger charge is 2.14. The van der Waals surface area contributed by atoms with Crippen LogP contribution in [0.2, 0.25) is 0 Å². The normalized spacial score (nSPS) is 11.3. The van der Waals surface area contributed by atoms with Crippen molar-refractivity contribution >= 4 is 33.3 Å². The summed E-state index contributed by atoms with van der Waals surface area (Å²) in [4.78, 5) is 16.9. The van der Waals surface area contributed by atoms with Crippen molar-refractivity contribution in [3.63, 3.8) is 0 Å². The average Bonchev–Trinajstić information content (AvgIpc) is 3.16. The molecule has 1 N–H and O–H groups in total. The first-order chi connectivity index (χ1) is 13.2. The maximum atomic E-state index is 12.4. The maximum absolute atomic E-state index is 12.4. The molecule has 3 aromatic heterocycles. The minimum Gasteiger partial charge on any atom is -0.438 e. The van der Waals surface area contributed by atoms with Gasteiger partial charge < -0.3 is 8.83 Å². The molecule has 0 radical (unpaired) electrons. The molecular formula is C21H12N2O3S. The highest BCUT2D eigenvalue weighted by molar-refractivity contribution is 7.13. The van der Waals surface area contributed by atoms with E-state index in [4.69, 9.17) is 14.2 Å². The van der Waals surface area contributed by atoms with E-state index < -0.39 is 5.63 Å². The number of hydrogen-bond acceptors (Lipinski definition) is 6. The molecule has 0 bridgehead atoms. The smallest absolute Gasteiger partial charge is 0.345 e. The molecule has 0 unspecified atom stereocenters. The summed E-state index contributed by atoms with van der Waals surface area (Å²) in [6, 6.07) is 18.6. The molecule has 5 rings (SSSR count). The quantitative estimate of drug-likeness (QED) is 0.451. The number of aromatic nitrogens is 1. The van der Waals surface area contributed by atoms with Crippen LogP contribution in [0.15, 0.2) is 79.7 Å². The first-order valence-electron chi connectivity index (χ1n) is 8.26. The summed E-state index contributed by atoms with van der Waals surface area (Å²) in [7, 11) is 0. The van der Waals surface area contributed by atoms with Gasteiger partial charge in [-0.25, -0.2) is 9.78 Å². The Kier molecular flexibility index (Phi) is 3.51. The lowest BCUT2D eigenvalue weighted by molar-refractivity contribution is 0.536. The molecule has 6 heteroatoms. The van der Waals surface area contributed by atoms with E-state index >= 15 is 0 Å². The van der Waals surface area contributed by atoms with Crippen LogP contribution in [-0.2, 0) is 0 Å².